The van der Waals surface area contributed by atoms with Crippen LogP contribution in [0.25, 0.3) is 11.1 Å². The van der Waals surface area contributed by atoms with E-state index in [2.05, 4.69) is 12.1 Å². The first-order valence-corrected chi connectivity index (χ1v) is 12.4. The van der Waals surface area contributed by atoms with Crippen LogP contribution in [0.3, 0.4) is 0 Å². The third kappa shape index (κ3) is 6.34. The summed E-state index contributed by atoms with van der Waals surface area (Å²) in [5, 5.41) is 7.53. The molecule has 3 N–H and O–H groups in total. The summed E-state index contributed by atoms with van der Waals surface area (Å²) in [6, 6.07) is 25.1. The number of benzene rings is 3. The summed E-state index contributed by atoms with van der Waals surface area (Å²) >= 11 is 0. The van der Waals surface area contributed by atoms with Crippen molar-refractivity contribution < 1.29 is 19.1 Å². The van der Waals surface area contributed by atoms with Crippen LogP contribution in [0, 0.1) is 10.8 Å². The predicted molar refractivity (Wildman–Crippen MR) is 151 cm³/mol. The summed E-state index contributed by atoms with van der Waals surface area (Å²) < 4.78 is 11.1. The molecule has 0 radical (unpaired) electrons. The fourth-order valence-electron chi connectivity index (χ4n) is 4.86. The molecule has 0 unspecified atom stereocenters. The Bertz CT molecular complexity index is 1250. The second-order valence-electron chi connectivity index (χ2n) is 9.60. The first kappa shape index (κ1) is 28.7. The van der Waals surface area contributed by atoms with E-state index in [4.69, 9.17) is 20.6 Å². The van der Waals surface area contributed by atoms with Gasteiger partial charge in [-0.2, -0.15) is 0 Å². The van der Waals surface area contributed by atoms with Gasteiger partial charge in [0.05, 0.1) is 13.2 Å². The lowest BCUT2D eigenvalue weighted by Gasteiger charge is -2.25. The fraction of sp³-hybridized carbons (Fsp3) is 0.300. The van der Waals surface area contributed by atoms with Gasteiger partial charge in [0.2, 0.25) is 5.91 Å². The van der Waals surface area contributed by atoms with Crippen LogP contribution in [0.1, 0.15) is 30.9 Å². The van der Waals surface area contributed by atoms with Gasteiger partial charge in [-0.3, -0.25) is 15.0 Å². The summed E-state index contributed by atoms with van der Waals surface area (Å²) in [5.41, 5.74) is 8.26. The van der Waals surface area contributed by atoms with Crippen LogP contribution in [0.4, 0.5) is 0 Å². The lowest BCUT2D eigenvalue weighted by atomic mass is 9.87. The number of carbonyl (C=O) groups excluding carboxylic acids is 2. The fourth-order valence-corrected chi connectivity index (χ4v) is 4.86. The Kier molecular flexibility index (Phi) is 9.53. The zero-order valence-corrected chi connectivity index (χ0v) is 22.5. The number of carbonyl (C=O) groups is 2. The van der Waals surface area contributed by atoms with Crippen molar-refractivity contribution in [3.8, 4) is 16.9 Å². The van der Waals surface area contributed by atoms with E-state index in [1.165, 1.54) is 12.7 Å². The topological polar surface area (TPSA) is 106 Å². The maximum atomic E-state index is 13.3. The molecule has 3 aromatic rings. The molecule has 0 aromatic heterocycles. The van der Waals surface area contributed by atoms with Gasteiger partial charge < -0.3 is 20.1 Å². The zero-order valence-electron chi connectivity index (χ0n) is 21.7. The van der Waals surface area contributed by atoms with E-state index in [0.29, 0.717) is 24.3 Å². The van der Waals surface area contributed by atoms with E-state index in [9.17, 15) is 9.59 Å². The molecule has 38 heavy (non-hydrogen) atoms. The number of hydrogen-bond acceptors (Lipinski definition) is 5. The van der Waals surface area contributed by atoms with Crippen molar-refractivity contribution in [3.05, 3.63) is 90.0 Å². The lowest BCUT2D eigenvalue weighted by molar-refractivity contribution is -0.157. The van der Waals surface area contributed by atoms with E-state index in [1.807, 2.05) is 66.7 Å². The molecule has 1 fully saturated rings. The third-order valence-electron chi connectivity index (χ3n) is 6.99. The standard InChI is InChI=1S/C30H33N3O4.ClH/c1-30(29(35)36-2)19-25(33(28(30)34)18-6-9-21-7-4-3-5-8-21)20-37-26-16-14-23(15-17-26)22-10-12-24(13-11-22)27(31)32;/h3-5,7-8,10-17,25H,6,9,18-20H2,1-2H3,(H3,31,32);1H/t25-,30+;/m0./s1. The van der Waals surface area contributed by atoms with Gasteiger partial charge >= 0.3 is 5.97 Å². The normalized spacial score (nSPS) is 18.5. The number of nitrogen functional groups attached to an aromatic ring is 1. The van der Waals surface area contributed by atoms with Crippen LogP contribution in [0.2, 0.25) is 0 Å². The molecule has 1 heterocycles. The number of ether oxygens (including phenoxy) is 2. The number of esters is 1. The van der Waals surface area contributed by atoms with Crippen molar-refractivity contribution in [2.24, 2.45) is 11.1 Å². The molecule has 0 bridgehead atoms. The number of nitrogens with two attached hydrogens (primary N) is 1. The van der Waals surface area contributed by atoms with Crippen molar-refractivity contribution in [1.82, 2.24) is 4.90 Å². The Balaban J connectivity index is 0.00000400. The first-order valence-electron chi connectivity index (χ1n) is 12.4. The van der Waals surface area contributed by atoms with Crippen molar-refractivity contribution in [3.63, 3.8) is 0 Å². The Morgan fingerprint density at radius 3 is 2.21 bits per heavy atom. The quantitative estimate of drug-likeness (QED) is 0.167. The molecule has 2 atom stereocenters. The van der Waals surface area contributed by atoms with E-state index in [-0.39, 0.29) is 36.8 Å². The summed E-state index contributed by atoms with van der Waals surface area (Å²) in [7, 11) is 1.32. The molecule has 0 aliphatic carbocycles. The van der Waals surface area contributed by atoms with Gasteiger partial charge in [0.1, 0.15) is 23.6 Å². The smallest absolute Gasteiger partial charge is 0.321 e. The van der Waals surface area contributed by atoms with Crippen molar-refractivity contribution in [1.29, 1.82) is 5.41 Å². The number of aryl methyl sites for hydroxylation is 1. The molecule has 1 saturated heterocycles. The van der Waals surface area contributed by atoms with Crippen molar-refractivity contribution in [2.75, 3.05) is 20.3 Å². The number of hydrogen-bond donors (Lipinski definition) is 2. The van der Waals surface area contributed by atoms with E-state index < -0.39 is 11.4 Å². The van der Waals surface area contributed by atoms with Crippen LogP contribution in [0.15, 0.2) is 78.9 Å². The minimum atomic E-state index is -1.20. The maximum Gasteiger partial charge on any atom is 0.321 e. The number of halogens is 1. The second kappa shape index (κ2) is 12.6. The average Bonchev–Trinajstić information content (AvgIpc) is 3.18. The van der Waals surface area contributed by atoms with Crippen molar-refractivity contribution in [2.45, 2.75) is 32.2 Å². The molecule has 8 heteroatoms. The van der Waals surface area contributed by atoms with Crippen LogP contribution in [0.5, 0.6) is 5.75 Å². The summed E-state index contributed by atoms with van der Waals surface area (Å²) in [4.78, 5) is 27.6. The van der Waals surface area contributed by atoms with Crippen LogP contribution in [-0.4, -0.2) is 48.9 Å². The number of nitrogens with one attached hydrogen (secondary N) is 1. The Labute approximate surface area is 229 Å². The van der Waals surface area contributed by atoms with E-state index >= 15 is 0 Å². The van der Waals surface area contributed by atoms with Crippen molar-refractivity contribution >= 4 is 30.1 Å². The molecule has 4 rings (SSSR count). The molecule has 7 nitrogen and oxygen atoms in total. The third-order valence-corrected chi connectivity index (χ3v) is 6.99. The summed E-state index contributed by atoms with van der Waals surface area (Å²) in [6.45, 7) is 2.50. The van der Waals surface area contributed by atoms with Gasteiger partial charge in [-0.05, 0) is 55.0 Å². The maximum absolute atomic E-state index is 13.3. The molecule has 1 amide bonds. The summed E-state index contributed by atoms with van der Waals surface area (Å²) in [5.74, 6) is 0.0177. The van der Waals surface area contributed by atoms with Crippen LogP contribution < -0.4 is 10.5 Å². The number of likely N-dealkylation sites (tertiary alicyclic amines) is 1. The number of amides is 1. The molecular weight excluding hydrogens is 502 g/mol. The monoisotopic (exact) mass is 535 g/mol. The van der Waals surface area contributed by atoms with E-state index in [0.717, 1.165) is 24.0 Å². The Morgan fingerprint density at radius 2 is 1.63 bits per heavy atom. The van der Waals surface area contributed by atoms with Gasteiger partial charge in [-0.25, -0.2) is 0 Å². The Hall–Kier alpha value is -3.84. The highest BCUT2D eigenvalue weighted by Crippen LogP contribution is 2.37. The highest BCUT2D eigenvalue weighted by atomic mass is 35.5. The predicted octanol–water partition coefficient (Wildman–Crippen LogP) is 4.85. The molecular formula is C30H34ClN3O4. The SMILES string of the molecule is COC(=O)[C@]1(C)C[C@@H](COc2ccc(-c3ccc(C(=N)N)cc3)cc2)N(CCCc2ccccc2)C1=O.Cl. The number of nitrogens with zero attached hydrogens (tertiary/aromatic N) is 1. The lowest BCUT2D eigenvalue weighted by Crippen LogP contribution is -2.41. The number of amidine groups is 1. The highest BCUT2D eigenvalue weighted by molar-refractivity contribution is 6.04. The minimum absolute atomic E-state index is 0. The largest absolute Gasteiger partial charge is 0.491 e. The van der Waals surface area contributed by atoms with E-state index in [1.54, 1.807) is 11.8 Å². The molecule has 200 valence electrons. The van der Waals surface area contributed by atoms with Gasteiger partial charge in [0.15, 0.2) is 0 Å². The zero-order chi connectivity index (χ0) is 26.4. The number of rotatable bonds is 10. The number of methoxy groups -OCH3 is 1. The van der Waals surface area contributed by atoms with Crippen LogP contribution in [-0.2, 0) is 20.7 Å². The van der Waals surface area contributed by atoms with Gasteiger partial charge in [0, 0.05) is 12.1 Å². The molecule has 1 aliphatic heterocycles. The van der Waals surface area contributed by atoms with Gasteiger partial charge in [-0.15, -0.1) is 12.4 Å². The molecule has 1 aliphatic rings. The van der Waals surface area contributed by atoms with Crippen LogP contribution >= 0.6 is 12.4 Å². The first-order chi connectivity index (χ1) is 17.8. The summed E-state index contributed by atoms with van der Waals surface area (Å²) in [6.07, 6.45) is 1.99. The highest BCUT2D eigenvalue weighted by Gasteiger charge is 2.54. The second-order valence-corrected chi connectivity index (χ2v) is 9.60. The van der Waals surface area contributed by atoms with Gasteiger partial charge in [0.25, 0.3) is 0 Å². The van der Waals surface area contributed by atoms with Gasteiger partial charge in [-0.1, -0.05) is 66.7 Å². The Morgan fingerprint density at radius 1 is 1.03 bits per heavy atom. The minimum Gasteiger partial charge on any atom is -0.491 e. The molecule has 0 spiro atoms. The molecule has 3 aromatic carbocycles. The molecule has 0 saturated carbocycles. The average molecular weight is 536 g/mol.